The second-order valence-electron chi connectivity index (χ2n) is 6.68. The molecule has 8 nitrogen and oxygen atoms in total. The van der Waals surface area contributed by atoms with Crippen molar-refractivity contribution < 1.29 is 18.1 Å². The lowest BCUT2D eigenvalue weighted by Crippen LogP contribution is -2.50. The molecule has 1 aliphatic rings. The van der Waals surface area contributed by atoms with Crippen LogP contribution in [0.15, 0.2) is 59.5 Å². The van der Waals surface area contributed by atoms with Crippen molar-refractivity contribution in [1.82, 2.24) is 9.21 Å². The number of piperazine rings is 1. The first-order chi connectivity index (χ1) is 13.8. The van der Waals surface area contributed by atoms with Crippen molar-refractivity contribution in [1.29, 1.82) is 0 Å². The monoisotopic (exact) mass is 415 g/mol. The predicted molar refractivity (Wildman–Crippen MR) is 109 cm³/mol. The maximum atomic E-state index is 13.0. The zero-order chi connectivity index (χ0) is 21.0. The van der Waals surface area contributed by atoms with Crippen LogP contribution in [0.3, 0.4) is 0 Å². The molecule has 0 aliphatic carbocycles. The molecule has 3 rings (SSSR count). The van der Waals surface area contributed by atoms with Gasteiger partial charge in [-0.1, -0.05) is 36.4 Å². The van der Waals surface area contributed by atoms with E-state index in [9.17, 15) is 23.3 Å². The second-order valence-corrected chi connectivity index (χ2v) is 8.59. The molecule has 2 aromatic carbocycles. The topological polar surface area (TPSA) is 101 Å². The zero-order valence-corrected chi connectivity index (χ0v) is 16.7. The van der Waals surface area contributed by atoms with Gasteiger partial charge in [0.1, 0.15) is 0 Å². The number of non-ortho nitro benzene ring substituents is 1. The van der Waals surface area contributed by atoms with Crippen LogP contribution in [0.5, 0.6) is 0 Å². The Morgan fingerprint density at radius 3 is 2.34 bits per heavy atom. The Balaban J connectivity index is 1.68. The maximum absolute atomic E-state index is 13.0. The third-order valence-electron chi connectivity index (χ3n) is 4.77. The summed E-state index contributed by atoms with van der Waals surface area (Å²) in [6.45, 7) is 2.38. The van der Waals surface area contributed by atoms with Gasteiger partial charge in [-0.2, -0.15) is 4.31 Å². The smallest absolute Gasteiger partial charge is 0.270 e. The molecule has 0 bridgehead atoms. The number of amides is 1. The van der Waals surface area contributed by atoms with Crippen LogP contribution in [0, 0.1) is 17.0 Å². The van der Waals surface area contributed by atoms with E-state index in [1.807, 2.05) is 30.3 Å². The third kappa shape index (κ3) is 4.69. The SMILES string of the molecule is Cc1ccc([N+](=O)[O-])cc1S(=O)(=O)N1CCN(C(=O)/C=C/c2ccccc2)CC1. The number of hydrogen-bond acceptors (Lipinski definition) is 5. The van der Waals surface area contributed by atoms with Gasteiger partial charge in [-0.05, 0) is 24.1 Å². The molecule has 1 saturated heterocycles. The van der Waals surface area contributed by atoms with Crippen LogP contribution in [-0.2, 0) is 14.8 Å². The molecule has 152 valence electrons. The number of benzene rings is 2. The van der Waals surface area contributed by atoms with E-state index in [1.54, 1.807) is 17.9 Å². The fraction of sp³-hybridized carbons (Fsp3) is 0.250. The summed E-state index contributed by atoms with van der Waals surface area (Å²) < 4.78 is 27.2. The number of aryl methyl sites for hydroxylation is 1. The number of carbonyl (C=O) groups is 1. The summed E-state index contributed by atoms with van der Waals surface area (Å²) in [5, 5.41) is 11.0. The minimum atomic E-state index is -3.88. The number of rotatable bonds is 5. The average molecular weight is 415 g/mol. The fourth-order valence-electron chi connectivity index (χ4n) is 3.11. The standard InChI is InChI=1S/C20H21N3O5S/c1-16-7-9-18(23(25)26)15-19(16)29(27,28)22-13-11-21(12-14-22)20(24)10-8-17-5-3-2-4-6-17/h2-10,15H,11-14H2,1H3/b10-8+. The lowest BCUT2D eigenvalue weighted by atomic mass is 10.2. The maximum Gasteiger partial charge on any atom is 0.270 e. The molecule has 0 saturated carbocycles. The van der Waals surface area contributed by atoms with Gasteiger partial charge in [-0.15, -0.1) is 0 Å². The molecule has 9 heteroatoms. The Hall–Kier alpha value is -3.04. The van der Waals surface area contributed by atoms with Crippen molar-refractivity contribution in [2.75, 3.05) is 26.2 Å². The molecular weight excluding hydrogens is 394 g/mol. The Kier molecular flexibility index (Phi) is 6.09. The van der Waals surface area contributed by atoms with Gasteiger partial charge in [0, 0.05) is 44.4 Å². The largest absolute Gasteiger partial charge is 0.337 e. The molecule has 0 N–H and O–H groups in total. The second kappa shape index (κ2) is 8.54. The molecule has 0 radical (unpaired) electrons. The number of hydrogen-bond donors (Lipinski definition) is 0. The van der Waals surface area contributed by atoms with Crippen LogP contribution in [0.25, 0.3) is 6.08 Å². The minimum Gasteiger partial charge on any atom is -0.337 e. The number of sulfonamides is 1. The van der Waals surface area contributed by atoms with Crippen LogP contribution in [0.4, 0.5) is 5.69 Å². The van der Waals surface area contributed by atoms with Crippen LogP contribution < -0.4 is 0 Å². The van der Waals surface area contributed by atoms with E-state index < -0.39 is 14.9 Å². The highest BCUT2D eigenvalue weighted by atomic mass is 32.2. The van der Waals surface area contributed by atoms with Crippen molar-refractivity contribution in [3.8, 4) is 0 Å². The van der Waals surface area contributed by atoms with E-state index in [0.29, 0.717) is 5.56 Å². The van der Waals surface area contributed by atoms with Crippen LogP contribution in [0.1, 0.15) is 11.1 Å². The summed E-state index contributed by atoms with van der Waals surface area (Å²) in [6.07, 6.45) is 3.20. The van der Waals surface area contributed by atoms with E-state index in [0.717, 1.165) is 11.6 Å². The van der Waals surface area contributed by atoms with Crippen molar-refractivity contribution >= 4 is 27.7 Å². The highest BCUT2D eigenvalue weighted by Gasteiger charge is 2.31. The molecule has 1 amide bonds. The van der Waals surface area contributed by atoms with Gasteiger partial charge in [0.05, 0.1) is 9.82 Å². The highest BCUT2D eigenvalue weighted by Crippen LogP contribution is 2.25. The van der Waals surface area contributed by atoms with E-state index in [1.165, 1.54) is 22.5 Å². The van der Waals surface area contributed by atoms with Gasteiger partial charge in [-0.25, -0.2) is 8.42 Å². The molecule has 1 heterocycles. The molecule has 0 spiro atoms. The van der Waals surface area contributed by atoms with Gasteiger partial charge < -0.3 is 4.90 Å². The summed E-state index contributed by atoms with van der Waals surface area (Å²) in [7, 11) is -3.88. The minimum absolute atomic E-state index is 0.0737. The fourth-order valence-corrected chi connectivity index (χ4v) is 4.77. The van der Waals surface area contributed by atoms with Gasteiger partial charge in [-0.3, -0.25) is 14.9 Å². The summed E-state index contributed by atoms with van der Waals surface area (Å²) in [5.41, 5.74) is 1.08. The predicted octanol–water partition coefficient (Wildman–Crippen LogP) is 2.45. The molecule has 0 unspecified atom stereocenters. The summed E-state index contributed by atoms with van der Waals surface area (Å²) >= 11 is 0. The quantitative estimate of drug-likeness (QED) is 0.424. The highest BCUT2D eigenvalue weighted by molar-refractivity contribution is 7.89. The first kappa shape index (κ1) is 20.7. The summed E-state index contributed by atoms with van der Waals surface area (Å²) in [4.78, 5) is 24.3. The van der Waals surface area contributed by atoms with E-state index in [4.69, 9.17) is 0 Å². The lowest BCUT2D eigenvalue weighted by molar-refractivity contribution is -0.385. The zero-order valence-electron chi connectivity index (χ0n) is 15.9. The van der Waals surface area contributed by atoms with Gasteiger partial charge in [0.2, 0.25) is 15.9 Å². The summed E-state index contributed by atoms with van der Waals surface area (Å²) in [6, 6.07) is 13.2. The van der Waals surface area contributed by atoms with E-state index in [-0.39, 0.29) is 42.7 Å². The number of carbonyl (C=O) groups excluding carboxylic acids is 1. The van der Waals surface area contributed by atoms with Gasteiger partial charge >= 0.3 is 0 Å². The van der Waals surface area contributed by atoms with Gasteiger partial charge in [0.25, 0.3) is 5.69 Å². The first-order valence-electron chi connectivity index (χ1n) is 9.06. The number of nitro benzene ring substituents is 1. The van der Waals surface area contributed by atoms with Crippen LogP contribution in [0.2, 0.25) is 0 Å². The van der Waals surface area contributed by atoms with Crippen molar-refractivity contribution in [2.24, 2.45) is 0 Å². The third-order valence-corrected chi connectivity index (χ3v) is 6.81. The Labute approximate surface area is 169 Å². The first-order valence-corrected chi connectivity index (χ1v) is 10.5. The van der Waals surface area contributed by atoms with Gasteiger partial charge in [0.15, 0.2) is 0 Å². The Morgan fingerprint density at radius 2 is 1.72 bits per heavy atom. The molecular formula is C20H21N3O5S. The summed E-state index contributed by atoms with van der Waals surface area (Å²) in [5.74, 6) is -0.183. The number of nitro groups is 1. The van der Waals surface area contributed by atoms with Crippen molar-refractivity contribution in [3.05, 3.63) is 75.8 Å². The molecule has 0 aromatic heterocycles. The Bertz CT molecular complexity index is 1040. The van der Waals surface area contributed by atoms with Crippen LogP contribution in [-0.4, -0.2) is 54.6 Å². The lowest BCUT2D eigenvalue weighted by Gasteiger charge is -2.33. The van der Waals surface area contributed by atoms with Crippen molar-refractivity contribution in [3.63, 3.8) is 0 Å². The van der Waals surface area contributed by atoms with E-state index in [2.05, 4.69) is 0 Å². The van der Waals surface area contributed by atoms with E-state index >= 15 is 0 Å². The normalized spacial score (nSPS) is 15.6. The molecule has 29 heavy (non-hydrogen) atoms. The molecule has 0 atom stereocenters. The Morgan fingerprint density at radius 1 is 1.07 bits per heavy atom. The number of nitrogens with zero attached hydrogens (tertiary/aromatic N) is 3. The van der Waals surface area contributed by atoms with Crippen LogP contribution >= 0.6 is 0 Å². The van der Waals surface area contributed by atoms with Crippen molar-refractivity contribution in [2.45, 2.75) is 11.8 Å². The average Bonchev–Trinajstić information content (AvgIpc) is 2.73. The molecule has 1 fully saturated rings. The molecule has 2 aromatic rings. The molecule has 1 aliphatic heterocycles.